The van der Waals surface area contributed by atoms with Crippen LogP contribution in [0.4, 0.5) is 0 Å². The Morgan fingerprint density at radius 2 is 2.04 bits per heavy atom. The second-order valence-corrected chi connectivity index (χ2v) is 8.56. The van der Waals surface area contributed by atoms with Crippen LogP contribution in [0.25, 0.3) is 0 Å². The Labute approximate surface area is 137 Å². The van der Waals surface area contributed by atoms with Crippen molar-refractivity contribution in [3.8, 4) is 0 Å². The highest BCUT2D eigenvalue weighted by atomic mass is 32.2. The number of nitrogens with one attached hydrogen (secondary N) is 2. The van der Waals surface area contributed by atoms with E-state index in [0.717, 1.165) is 44.2 Å². The number of aryl methyl sites for hydroxylation is 2. The van der Waals surface area contributed by atoms with E-state index in [1.54, 1.807) is 12.1 Å². The lowest BCUT2D eigenvalue weighted by atomic mass is 10.1. The third-order valence-electron chi connectivity index (χ3n) is 4.73. The van der Waals surface area contributed by atoms with E-state index < -0.39 is 9.84 Å². The lowest BCUT2D eigenvalue weighted by molar-refractivity contribution is -0.120. The van der Waals surface area contributed by atoms with Crippen molar-refractivity contribution >= 4 is 15.7 Å². The van der Waals surface area contributed by atoms with Gasteiger partial charge in [-0.1, -0.05) is 6.07 Å². The second kappa shape index (κ2) is 7.01. The SMILES string of the molecule is O=C(CCS(=O)(=O)c1ccc2c(c1)CCC2)NCC1CCCN1. The smallest absolute Gasteiger partial charge is 0.221 e. The number of hydrogen-bond donors (Lipinski definition) is 2. The molecular formula is C17H24N2O3S. The van der Waals surface area contributed by atoms with Crippen molar-refractivity contribution < 1.29 is 13.2 Å². The molecule has 1 amide bonds. The predicted molar refractivity (Wildman–Crippen MR) is 89.2 cm³/mol. The molecule has 0 saturated carbocycles. The van der Waals surface area contributed by atoms with Gasteiger partial charge in [0, 0.05) is 19.0 Å². The lowest BCUT2D eigenvalue weighted by Gasteiger charge is -2.11. The first-order valence-corrected chi connectivity index (χ1v) is 10.0. The monoisotopic (exact) mass is 336 g/mol. The summed E-state index contributed by atoms with van der Waals surface area (Å²) in [6, 6.07) is 5.71. The Bertz CT molecular complexity index is 679. The summed E-state index contributed by atoms with van der Waals surface area (Å²) in [5, 5.41) is 6.13. The third-order valence-corrected chi connectivity index (χ3v) is 6.45. The molecule has 0 spiro atoms. The zero-order chi connectivity index (χ0) is 16.3. The fourth-order valence-corrected chi connectivity index (χ4v) is 4.63. The molecule has 0 bridgehead atoms. The Hall–Kier alpha value is -1.40. The maximum atomic E-state index is 12.4. The van der Waals surface area contributed by atoms with Crippen LogP contribution in [-0.2, 0) is 27.5 Å². The van der Waals surface area contributed by atoms with Gasteiger partial charge in [-0.25, -0.2) is 8.42 Å². The van der Waals surface area contributed by atoms with Gasteiger partial charge in [0.15, 0.2) is 9.84 Å². The van der Waals surface area contributed by atoms with E-state index in [0.29, 0.717) is 17.5 Å². The largest absolute Gasteiger partial charge is 0.355 e. The van der Waals surface area contributed by atoms with Crippen LogP contribution in [0.1, 0.15) is 36.8 Å². The van der Waals surface area contributed by atoms with Crippen molar-refractivity contribution in [3.63, 3.8) is 0 Å². The summed E-state index contributed by atoms with van der Waals surface area (Å²) >= 11 is 0. The number of carbonyl (C=O) groups is 1. The molecule has 1 aromatic carbocycles. The van der Waals surface area contributed by atoms with Crippen LogP contribution in [0.3, 0.4) is 0 Å². The first-order valence-electron chi connectivity index (χ1n) is 8.39. The quantitative estimate of drug-likeness (QED) is 0.819. The summed E-state index contributed by atoms with van der Waals surface area (Å²) in [6.07, 6.45) is 5.30. The van der Waals surface area contributed by atoms with Crippen molar-refractivity contribution in [1.29, 1.82) is 0 Å². The highest BCUT2D eigenvalue weighted by Gasteiger charge is 2.20. The molecule has 2 N–H and O–H groups in total. The van der Waals surface area contributed by atoms with Gasteiger partial charge in [0.1, 0.15) is 0 Å². The molecule has 0 radical (unpaired) electrons. The first kappa shape index (κ1) is 16.5. The number of amides is 1. The molecule has 0 aromatic heterocycles. The fourth-order valence-electron chi connectivity index (χ4n) is 3.34. The average Bonchev–Trinajstić information content (AvgIpc) is 3.21. The van der Waals surface area contributed by atoms with E-state index in [2.05, 4.69) is 10.6 Å². The predicted octanol–water partition coefficient (Wildman–Crippen LogP) is 1.21. The van der Waals surface area contributed by atoms with Crippen molar-refractivity contribution in [1.82, 2.24) is 10.6 Å². The van der Waals surface area contributed by atoms with Crippen LogP contribution in [0.5, 0.6) is 0 Å². The van der Waals surface area contributed by atoms with Crippen molar-refractivity contribution in [3.05, 3.63) is 29.3 Å². The van der Waals surface area contributed by atoms with Gasteiger partial charge in [-0.2, -0.15) is 0 Å². The molecule has 2 aliphatic rings. The summed E-state index contributed by atoms with van der Waals surface area (Å²) in [5.41, 5.74) is 2.40. The summed E-state index contributed by atoms with van der Waals surface area (Å²) in [6.45, 7) is 1.57. The molecule has 1 aliphatic carbocycles. The molecule has 1 aromatic rings. The standard InChI is InChI=1S/C17H24N2O3S/c20-17(19-12-15-5-2-9-18-15)8-10-23(21,22)16-7-6-13-3-1-4-14(13)11-16/h6-7,11,15,18H,1-5,8-10,12H2,(H,19,20). The lowest BCUT2D eigenvalue weighted by Crippen LogP contribution is -2.37. The summed E-state index contributed by atoms with van der Waals surface area (Å²) in [7, 11) is -3.39. The third kappa shape index (κ3) is 4.12. The van der Waals surface area contributed by atoms with Gasteiger partial charge in [0.05, 0.1) is 10.6 Å². The highest BCUT2D eigenvalue weighted by Crippen LogP contribution is 2.25. The average molecular weight is 336 g/mol. The number of carbonyl (C=O) groups excluding carboxylic acids is 1. The van der Waals surface area contributed by atoms with E-state index >= 15 is 0 Å². The van der Waals surface area contributed by atoms with Crippen LogP contribution < -0.4 is 10.6 Å². The van der Waals surface area contributed by atoms with Gasteiger partial charge in [0.25, 0.3) is 0 Å². The van der Waals surface area contributed by atoms with Crippen LogP contribution in [-0.4, -0.2) is 39.2 Å². The number of hydrogen-bond acceptors (Lipinski definition) is 4. The maximum absolute atomic E-state index is 12.4. The Morgan fingerprint density at radius 1 is 1.22 bits per heavy atom. The van der Waals surface area contributed by atoms with E-state index in [9.17, 15) is 13.2 Å². The number of benzene rings is 1. The summed E-state index contributed by atoms with van der Waals surface area (Å²) < 4.78 is 24.8. The minimum absolute atomic E-state index is 0.0200. The fraction of sp³-hybridized carbons (Fsp3) is 0.588. The van der Waals surface area contributed by atoms with Crippen molar-refractivity contribution in [2.75, 3.05) is 18.8 Å². The van der Waals surface area contributed by atoms with E-state index in [4.69, 9.17) is 0 Å². The van der Waals surface area contributed by atoms with Crippen LogP contribution >= 0.6 is 0 Å². The zero-order valence-corrected chi connectivity index (χ0v) is 14.1. The Kier molecular flexibility index (Phi) is 5.02. The topological polar surface area (TPSA) is 75.3 Å². The van der Waals surface area contributed by atoms with Gasteiger partial charge in [-0.3, -0.25) is 4.79 Å². The van der Waals surface area contributed by atoms with Gasteiger partial charge in [0.2, 0.25) is 5.91 Å². The van der Waals surface area contributed by atoms with Crippen molar-refractivity contribution in [2.24, 2.45) is 0 Å². The number of rotatable bonds is 6. The zero-order valence-electron chi connectivity index (χ0n) is 13.3. The maximum Gasteiger partial charge on any atom is 0.221 e. The molecule has 5 nitrogen and oxygen atoms in total. The van der Waals surface area contributed by atoms with Gasteiger partial charge < -0.3 is 10.6 Å². The Balaban J connectivity index is 1.52. The molecular weight excluding hydrogens is 312 g/mol. The van der Waals surface area contributed by atoms with Crippen LogP contribution in [0, 0.1) is 0 Å². The van der Waals surface area contributed by atoms with Gasteiger partial charge >= 0.3 is 0 Å². The minimum atomic E-state index is -3.39. The molecule has 23 heavy (non-hydrogen) atoms. The molecule has 1 atom stereocenters. The normalized spacial score (nSPS) is 20.4. The summed E-state index contributed by atoms with van der Waals surface area (Å²) in [5.74, 6) is -0.321. The Morgan fingerprint density at radius 3 is 2.83 bits per heavy atom. The molecule has 126 valence electrons. The van der Waals surface area contributed by atoms with E-state index in [-0.39, 0.29) is 18.1 Å². The van der Waals surface area contributed by atoms with Gasteiger partial charge in [-0.05, 0) is 61.9 Å². The van der Waals surface area contributed by atoms with Crippen LogP contribution in [0.15, 0.2) is 23.1 Å². The molecule has 1 unspecified atom stereocenters. The van der Waals surface area contributed by atoms with Gasteiger partial charge in [-0.15, -0.1) is 0 Å². The highest BCUT2D eigenvalue weighted by molar-refractivity contribution is 7.91. The first-order chi connectivity index (χ1) is 11.0. The van der Waals surface area contributed by atoms with E-state index in [1.165, 1.54) is 5.56 Å². The molecule has 1 fully saturated rings. The number of fused-ring (bicyclic) bond motifs is 1. The molecule has 3 rings (SSSR count). The summed E-state index contributed by atoms with van der Waals surface area (Å²) in [4.78, 5) is 12.2. The number of sulfone groups is 1. The molecule has 6 heteroatoms. The van der Waals surface area contributed by atoms with Crippen LogP contribution in [0.2, 0.25) is 0 Å². The van der Waals surface area contributed by atoms with E-state index in [1.807, 2.05) is 6.07 Å². The molecule has 1 saturated heterocycles. The van der Waals surface area contributed by atoms with Crippen molar-refractivity contribution in [2.45, 2.75) is 49.5 Å². The molecule has 1 heterocycles. The minimum Gasteiger partial charge on any atom is -0.355 e. The molecule has 1 aliphatic heterocycles. The second-order valence-electron chi connectivity index (χ2n) is 6.45.